The third kappa shape index (κ3) is 10.1. The van der Waals surface area contributed by atoms with Crippen LogP contribution in [0.3, 0.4) is 0 Å². The summed E-state index contributed by atoms with van der Waals surface area (Å²) in [6.45, 7) is 3.07. The number of hydrogen-bond donors (Lipinski definition) is 6. The third-order valence-corrected chi connectivity index (χ3v) is 5.34. The van der Waals surface area contributed by atoms with E-state index in [1.54, 1.807) is 13.0 Å². The molecule has 186 valence electrons. The van der Waals surface area contributed by atoms with Crippen LogP contribution in [0.5, 0.6) is 0 Å². The molecule has 32 heavy (non-hydrogen) atoms. The first-order valence-corrected chi connectivity index (χ1v) is 11.6. The minimum atomic E-state index is -1.56. The monoisotopic (exact) mass is 459 g/mol. The van der Waals surface area contributed by atoms with Gasteiger partial charge in [-0.05, 0) is 25.7 Å². The highest BCUT2D eigenvalue weighted by molar-refractivity contribution is 5.75. The van der Waals surface area contributed by atoms with Gasteiger partial charge in [-0.1, -0.05) is 51.0 Å². The summed E-state index contributed by atoms with van der Waals surface area (Å²) in [5.41, 5.74) is 0. The zero-order valence-electron chi connectivity index (χ0n) is 19.2. The molecule has 1 saturated heterocycles. The first-order valence-electron chi connectivity index (χ1n) is 11.6. The summed E-state index contributed by atoms with van der Waals surface area (Å²) in [4.78, 5) is 11.9. The maximum absolute atomic E-state index is 11.9. The van der Waals surface area contributed by atoms with Crippen molar-refractivity contribution >= 4 is 5.91 Å². The molecule has 1 amide bonds. The van der Waals surface area contributed by atoms with E-state index in [2.05, 4.69) is 24.4 Å². The van der Waals surface area contributed by atoms with E-state index < -0.39 is 49.5 Å². The van der Waals surface area contributed by atoms with E-state index in [0.717, 1.165) is 19.3 Å². The molecule has 1 aliphatic heterocycles. The van der Waals surface area contributed by atoms with Gasteiger partial charge < -0.3 is 40.3 Å². The van der Waals surface area contributed by atoms with Crippen LogP contribution in [0.2, 0.25) is 0 Å². The summed E-state index contributed by atoms with van der Waals surface area (Å²) in [5.74, 6) is -0.283. The van der Waals surface area contributed by atoms with Crippen LogP contribution >= 0.6 is 0 Å². The molecule has 1 fully saturated rings. The van der Waals surface area contributed by atoms with Gasteiger partial charge in [-0.2, -0.15) is 0 Å². The normalized spacial score (nSPS) is 28.3. The summed E-state index contributed by atoms with van der Waals surface area (Å²) in [6, 6.07) is -0.810. The Bertz CT molecular complexity index is 568. The summed E-state index contributed by atoms with van der Waals surface area (Å²) in [6.07, 6.45) is 6.13. The average Bonchev–Trinajstić information content (AvgIpc) is 2.79. The molecular formula is C23H41NO8. The van der Waals surface area contributed by atoms with E-state index in [-0.39, 0.29) is 18.9 Å². The Morgan fingerprint density at radius 3 is 2.38 bits per heavy atom. The van der Waals surface area contributed by atoms with Crippen molar-refractivity contribution in [2.24, 2.45) is 0 Å². The van der Waals surface area contributed by atoms with Gasteiger partial charge in [0, 0.05) is 6.42 Å². The van der Waals surface area contributed by atoms with Crippen molar-refractivity contribution in [2.45, 2.75) is 102 Å². The van der Waals surface area contributed by atoms with E-state index in [1.807, 2.05) is 6.08 Å². The topological polar surface area (TPSA) is 149 Å². The number of allylic oxidation sites excluding steroid dienone is 3. The second kappa shape index (κ2) is 16.3. The predicted molar refractivity (Wildman–Crippen MR) is 120 cm³/mol. The van der Waals surface area contributed by atoms with Crippen LogP contribution in [0.4, 0.5) is 0 Å². The molecule has 0 spiro atoms. The van der Waals surface area contributed by atoms with Gasteiger partial charge in [0.2, 0.25) is 5.91 Å². The molecule has 7 atom stereocenters. The maximum atomic E-state index is 11.9. The fraction of sp³-hybridized carbons (Fsp3) is 0.783. The smallest absolute Gasteiger partial charge is 0.220 e. The molecule has 1 rings (SSSR count). The van der Waals surface area contributed by atoms with Crippen LogP contribution in [-0.4, -0.2) is 87.5 Å². The fourth-order valence-corrected chi connectivity index (χ4v) is 3.25. The van der Waals surface area contributed by atoms with Gasteiger partial charge in [-0.15, -0.1) is 0 Å². The summed E-state index contributed by atoms with van der Waals surface area (Å²) < 4.78 is 10.8. The zero-order chi connectivity index (χ0) is 23.9. The molecular weight excluding hydrogens is 418 g/mol. The largest absolute Gasteiger partial charge is 0.394 e. The number of carbonyl (C=O) groups is 1. The highest BCUT2D eigenvalue weighted by atomic mass is 16.7. The van der Waals surface area contributed by atoms with Crippen LogP contribution in [0.15, 0.2) is 24.3 Å². The number of unbranched alkanes of at least 4 members (excludes halogenated alkanes) is 4. The highest BCUT2D eigenvalue weighted by Gasteiger charge is 2.44. The second-order valence-electron chi connectivity index (χ2n) is 8.02. The van der Waals surface area contributed by atoms with Gasteiger partial charge in [-0.3, -0.25) is 4.79 Å². The highest BCUT2D eigenvalue weighted by Crippen LogP contribution is 2.22. The van der Waals surface area contributed by atoms with Crippen LogP contribution in [-0.2, 0) is 14.3 Å². The summed E-state index contributed by atoms with van der Waals surface area (Å²) in [5, 5.41) is 52.2. The van der Waals surface area contributed by atoms with E-state index in [9.17, 15) is 30.3 Å². The molecule has 0 aromatic heterocycles. The molecule has 9 heteroatoms. The van der Waals surface area contributed by atoms with Crippen LogP contribution < -0.4 is 5.32 Å². The molecule has 1 heterocycles. The second-order valence-corrected chi connectivity index (χ2v) is 8.02. The molecule has 0 bridgehead atoms. The van der Waals surface area contributed by atoms with Crippen molar-refractivity contribution in [2.75, 3.05) is 13.2 Å². The molecule has 0 saturated carbocycles. The first-order chi connectivity index (χ1) is 15.3. The van der Waals surface area contributed by atoms with Crippen molar-refractivity contribution in [1.82, 2.24) is 5.32 Å². The van der Waals surface area contributed by atoms with Gasteiger partial charge in [0.15, 0.2) is 6.29 Å². The molecule has 0 aromatic rings. The minimum Gasteiger partial charge on any atom is -0.394 e. The lowest BCUT2D eigenvalue weighted by atomic mass is 9.99. The Kier molecular flexibility index (Phi) is 14.6. The number of ether oxygens (including phenoxy) is 2. The Morgan fingerprint density at radius 1 is 1.03 bits per heavy atom. The van der Waals surface area contributed by atoms with E-state index in [1.165, 1.54) is 19.3 Å². The molecule has 6 N–H and O–H groups in total. The van der Waals surface area contributed by atoms with Crippen LogP contribution in [0, 0.1) is 0 Å². The Hall–Kier alpha value is -1.33. The molecule has 0 radical (unpaired) electrons. The summed E-state index contributed by atoms with van der Waals surface area (Å²) in [7, 11) is 0. The molecule has 0 aromatic carbocycles. The molecule has 9 nitrogen and oxygen atoms in total. The number of amides is 1. The van der Waals surface area contributed by atoms with Gasteiger partial charge >= 0.3 is 0 Å². The third-order valence-electron chi connectivity index (χ3n) is 5.34. The predicted octanol–water partition coefficient (Wildman–Crippen LogP) is 0.531. The Morgan fingerprint density at radius 2 is 1.72 bits per heavy atom. The SMILES string of the molecule is CCCCC/C=C/CC/C=C/C(O)C(COC1OC(CO)C(O)C(O)C1O)NC(=O)CC. The molecule has 0 aliphatic carbocycles. The summed E-state index contributed by atoms with van der Waals surface area (Å²) >= 11 is 0. The van der Waals surface area contributed by atoms with Crippen molar-refractivity contribution < 1.29 is 39.8 Å². The van der Waals surface area contributed by atoms with E-state index >= 15 is 0 Å². The quantitative estimate of drug-likeness (QED) is 0.153. The van der Waals surface area contributed by atoms with Crippen molar-refractivity contribution in [1.29, 1.82) is 0 Å². The first kappa shape index (κ1) is 28.7. The van der Waals surface area contributed by atoms with Gasteiger partial charge in [-0.25, -0.2) is 0 Å². The van der Waals surface area contributed by atoms with E-state index in [4.69, 9.17) is 9.47 Å². The van der Waals surface area contributed by atoms with Crippen LogP contribution in [0.25, 0.3) is 0 Å². The lowest BCUT2D eigenvalue weighted by Crippen LogP contribution is -2.60. The molecule has 1 aliphatic rings. The zero-order valence-corrected chi connectivity index (χ0v) is 19.2. The van der Waals surface area contributed by atoms with Gasteiger partial charge in [0.05, 0.1) is 25.4 Å². The van der Waals surface area contributed by atoms with Gasteiger partial charge in [0.1, 0.15) is 24.4 Å². The average molecular weight is 460 g/mol. The van der Waals surface area contributed by atoms with Gasteiger partial charge in [0.25, 0.3) is 0 Å². The maximum Gasteiger partial charge on any atom is 0.220 e. The standard InChI is InChI=1S/C23H41NO8/c1-3-5-6-7-8-9-10-11-12-13-17(26)16(24-19(27)4-2)15-31-23-22(30)21(29)20(28)18(14-25)32-23/h8-9,12-13,16-18,20-23,25-26,28-30H,3-7,10-11,14-15H2,1-2H3,(H,24,27)/b9-8+,13-12+. The number of aliphatic hydroxyl groups excluding tert-OH is 5. The van der Waals surface area contributed by atoms with E-state index in [0.29, 0.717) is 0 Å². The number of rotatable bonds is 15. The van der Waals surface area contributed by atoms with Crippen molar-refractivity contribution in [3.63, 3.8) is 0 Å². The van der Waals surface area contributed by atoms with Crippen molar-refractivity contribution in [3.05, 3.63) is 24.3 Å². The fourth-order valence-electron chi connectivity index (χ4n) is 3.25. The Balaban J connectivity index is 2.58. The Labute approximate surface area is 190 Å². The number of aliphatic hydroxyl groups is 5. The number of hydrogen-bond acceptors (Lipinski definition) is 8. The minimum absolute atomic E-state index is 0.211. The number of nitrogens with one attached hydrogen (secondary N) is 1. The van der Waals surface area contributed by atoms with Crippen molar-refractivity contribution in [3.8, 4) is 0 Å². The lowest BCUT2D eigenvalue weighted by Gasteiger charge is -2.40. The molecule has 7 unspecified atom stereocenters. The van der Waals surface area contributed by atoms with Crippen LogP contribution in [0.1, 0.15) is 58.8 Å². The number of carbonyl (C=O) groups excluding carboxylic acids is 1. The lowest BCUT2D eigenvalue weighted by molar-refractivity contribution is -0.302.